The molecule has 0 aromatic heterocycles. The Morgan fingerprint density at radius 1 is 0.933 bits per heavy atom. The van der Waals surface area contributed by atoms with Crippen molar-refractivity contribution in [3.8, 4) is 0 Å². The van der Waals surface area contributed by atoms with Crippen molar-refractivity contribution in [2.24, 2.45) is 0 Å². The van der Waals surface area contributed by atoms with Gasteiger partial charge in [0.2, 0.25) is 0 Å². The van der Waals surface area contributed by atoms with Crippen LogP contribution in [0.25, 0.3) is 16.8 Å². The molecule has 0 spiro atoms. The van der Waals surface area contributed by atoms with Gasteiger partial charge >= 0.3 is 0 Å². The van der Waals surface area contributed by atoms with Crippen LogP contribution in [0.3, 0.4) is 0 Å². The number of hydrogen-bond donors (Lipinski definition) is 0. The number of halogens is 2. The van der Waals surface area contributed by atoms with Crippen molar-refractivity contribution in [3.05, 3.63) is 53.6 Å². The van der Waals surface area contributed by atoms with Gasteiger partial charge in [0.25, 0.3) is 0 Å². The van der Waals surface area contributed by atoms with E-state index in [0.29, 0.717) is 0 Å². The van der Waals surface area contributed by atoms with Crippen molar-refractivity contribution in [1.82, 2.24) is 0 Å². The van der Waals surface area contributed by atoms with Crippen LogP contribution in [-0.4, -0.2) is 0 Å². The van der Waals surface area contributed by atoms with E-state index in [0.717, 1.165) is 0 Å². The van der Waals surface area contributed by atoms with Gasteiger partial charge in [0.1, 0.15) is 3.23 Å². The Morgan fingerprint density at radius 2 is 1.67 bits per heavy atom. The Balaban J connectivity index is 2.52. The third-order valence-corrected chi connectivity index (χ3v) is 4.15. The predicted octanol–water partition coefficient (Wildman–Crippen LogP) is 4.81. The van der Waals surface area contributed by atoms with E-state index < -0.39 is 0 Å². The number of alkyl halides is 2. The summed E-state index contributed by atoms with van der Waals surface area (Å²) in [4.78, 5) is 0. The largest absolute Gasteiger partial charge is 0.124 e. The van der Waals surface area contributed by atoms with Gasteiger partial charge in [-0.15, -0.1) is 0 Å². The molecule has 0 heterocycles. The van der Waals surface area contributed by atoms with Crippen LogP contribution in [0.15, 0.2) is 42.5 Å². The van der Waals surface area contributed by atoms with Crippen LogP contribution in [0.5, 0.6) is 0 Å². The van der Waals surface area contributed by atoms with Gasteiger partial charge in [-0.2, -0.15) is 0 Å². The molecule has 74 valence electrons. The highest BCUT2D eigenvalue weighted by molar-refractivity contribution is 9.25. The summed E-state index contributed by atoms with van der Waals surface area (Å²) >= 11 is 7.37. The lowest BCUT2D eigenvalue weighted by molar-refractivity contribution is 1.21. The summed E-state index contributed by atoms with van der Waals surface area (Å²) < 4.78 is -0.214. The fourth-order valence-corrected chi connectivity index (χ4v) is 3.00. The summed E-state index contributed by atoms with van der Waals surface area (Å²) in [5.74, 6) is 0. The molecule has 0 unspecified atom stereocenters. The fraction of sp³-hybridized carbons (Fsp3) is 0.0769. The van der Waals surface area contributed by atoms with E-state index in [2.05, 4.69) is 80.4 Å². The molecule has 0 N–H and O–H groups in total. The van der Waals surface area contributed by atoms with Crippen LogP contribution in [0.2, 0.25) is 0 Å². The van der Waals surface area contributed by atoms with Crippen LogP contribution in [0.1, 0.15) is 11.1 Å². The Bertz CT molecular complexity index is 563. The summed E-state index contributed by atoms with van der Waals surface area (Å²) in [5, 5.41) is 2.62. The molecule has 15 heavy (non-hydrogen) atoms. The molecule has 0 fully saturated rings. The molecule has 1 aliphatic carbocycles. The first kappa shape index (κ1) is 9.61. The summed E-state index contributed by atoms with van der Waals surface area (Å²) in [6.45, 7) is 0. The molecule has 0 amide bonds. The monoisotopic (exact) mass is 322 g/mol. The molecule has 2 aromatic rings. The van der Waals surface area contributed by atoms with Crippen LogP contribution < -0.4 is 0 Å². The van der Waals surface area contributed by atoms with E-state index in [1.807, 2.05) is 0 Å². The average molecular weight is 324 g/mol. The molecule has 2 aromatic carbocycles. The highest BCUT2D eigenvalue weighted by Gasteiger charge is 2.27. The second-order valence-electron chi connectivity index (χ2n) is 3.71. The molecule has 0 atom stereocenters. The molecule has 3 rings (SSSR count). The Hall–Kier alpha value is -0.600. The van der Waals surface area contributed by atoms with Crippen LogP contribution >= 0.6 is 31.9 Å². The summed E-state index contributed by atoms with van der Waals surface area (Å²) in [6.07, 6.45) is 4.28. The molecule has 0 saturated heterocycles. The van der Waals surface area contributed by atoms with Gasteiger partial charge < -0.3 is 0 Å². The standard InChI is InChI=1S/C13H8Br2/c14-13(15)8-7-10-4-1-3-9-5-2-6-11(13)12(9)10/h1-8H. The van der Waals surface area contributed by atoms with Crippen molar-refractivity contribution in [3.63, 3.8) is 0 Å². The Kier molecular flexibility index (Phi) is 2.05. The lowest BCUT2D eigenvalue weighted by atomic mass is 9.93. The summed E-state index contributed by atoms with van der Waals surface area (Å²) in [5.41, 5.74) is 2.57. The van der Waals surface area contributed by atoms with Crippen molar-refractivity contribution in [1.29, 1.82) is 0 Å². The minimum Gasteiger partial charge on any atom is -0.0627 e. The second kappa shape index (κ2) is 3.19. The van der Waals surface area contributed by atoms with E-state index >= 15 is 0 Å². The van der Waals surface area contributed by atoms with Gasteiger partial charge in [0.05, 0.1) is 0 Å². The fourth-order valence-electron chi connectivity index (χ4n) is 2.07. The molecule has 0 saturated carbocycles. The third kappa shape index (κ3) is 1.39. The number of allylic oxidation sites excluding steroid dienone is 1. The maximum Gasteiger partial charge on any atom is 0.124 e. The van der Waals surface area contributed by atoms with Crippen molar-refractivity contribution >= 4 is 48.7 Å². The molecular formula is C13H8Br2. The highest BCUT2D eigenvalue weighted by Crippen LogP contribution is 2.46. The predicted molar refractivity (Wildman–Crippen MR) is 72.5 cm³/mol. The van der Waals surface area contributed by atoms with Crippen molar-refractivity contribution < 1.29 is 0 Å². The molecule has 2 heteroatoms. The summed E-state index contributed by atoms with van der Waals surface area (Å²) in [7, 11) is 0. The van der Waals surface area contributed by atoms with E-state index in [1.54, 1.807) is 0 Å². The molecule has 0 bridgehead atoms. The minimum absolute atomic E-state index is 0.214. The van der Waals surface area contributed by atoms with Gasteiger partial charge in [-0.1, -0.05) is 80.4 Å². The highest BCUT2D eigenvalue weighted by atomic mass is 79.9. The van der Waals surface area contributed by atoms with Crippen LogP contribution in [0, 0.1) is 0 Å². The topological polar surface area (TPSA) is 0 Å². The zero-order valence-corrected chi connectivity index (χ0v) is 11.0. The third-order valence-electron chi connectivity index (χ3n) is 2.77. The SMILES string of the molecule is BrC1(Br)C=Cc2cccc3cccc1c23. The Labute approximate surface area is 105 Å². The smallest absolute Gasteiger partial charge is 0.0627 e. The van der Waals surface area contributed by atoms with E-state index in [-0.39, 0.29) is 3.23 Å². The van der Waals surface area contributed by atoms with Crippen LogP contribution in [0.4, 0.5) is 0 Å². The molecule has 0 aliphatic heterocycles. The molecule has 0 nitrogen and oxygen atoms in total. The number of hydrogen-bond acceptors (Lipinski definition) is 0. The first-order valence-corrected chi connectivity index (χ1v) is 6.36. The van der Waals surface area contributed by atoms with E-state index in [4.69, 9.17) is 0 Å². The van der Waals surface area contributed by atoms with Crippen LogP contribution in [-0.2, 0) is 3.23 Å². The maximum absolute atomic E-state index is 3.68. The van der Waals surface area contributed by atoms with Gasteiger partial charge in [0.15, 0.2) is 0 Å². The maximum atomic E-state index is 3.68. The zero-order valence-electron chi connectivity index (χ0n) is 7.87. The summed E-state index contributed by atoms with van der Waals surface area (Å²) in [6, 6.07) is 12.8. The molecular weight excluding hydrogens is 316 g/mol. The first-order chi connectivity index (χ1) is 7.18. The molecule has 0 radical (unpaired) electrons. The number of benzene rings is 2. The minimum atomic E-state index is -0.214. The van der Waals surface area contributed by atoms with Crippen molar-refractivity contribution in [2.45, 2.75) is 3.23 Å². The lowest BCUT2D eigenvalue weighted by Crippen LogP contribution is -2.09. The second-order valence-corrected chi connectivity index (χ2v) is 7.27. The quantitative estimate of drug-likeness (QED) is 0.610. The first-order valence-electron chi connectivity index (χ1n) is 4.78. The van der Waals surface area contributed by atoms with E-state index in [9.17, 15) is 0 Å². The van der Waals surface area contributed by atoms with Gasteiger partial charge in [-0.05, 0) is 21.9 Å². The Morgan fingerprint density at radius 3 is 2.47 bits per heavy atom. The lowest BCUT2D eigenvalue weighted by Gasteiger charge is -2.23. The van der Waals surface area contributed by atoms with Crippen molar-refractivity contribution in [2.75, 3.05) is 0 Å². The van der Waals surface area contributed by atoms with Gasteiger partial charge in [-0.3, -0.25) is 0 Å². The zero-order chi connectivity index (χ0) is 10.5. The average Bonchev–Trinajstić information content (AvgIpc) is 2.24. The van der Waals surface area contributed by atoms with E-state index in [1.165, 1.54) is 21.9 Å². The normalized spacial score (nSPS) is 16.9. The van der Waals surface area contributed by atoms with Gasteiger partial charge in [-0.25, -0.2) is 0 Å². The number of rotatable bonds is 0. The molecule has 1 aliphatic rings. The van der Waals surface area contributed by atoms with Gasteiger partial charge in [0, 0.05) is 0 Å².